The van der Waals surface area contributed by atoms with Crippen LogP contribution in [0.2, 0.25) is 0 Å². The number of carbonyl (C=O) groups is 1. The van der Waals surface area contributed by atoms with E-state index in [2.05, 4.69) is 10.6 Å². The standard InChI is InChI=1S/C9H15N3O2/c1-9(2,6-10)12-8(13)11-7-3-4-14-5-7/h7H,3-5H2,1-2H3,(H2,11,12,13). The Morgan fingerprint density at radius 1 is 1.64 bits per heavy atom. The van der Waals surface area contributed by atoms with Gasteiger partial charge in [0.25, 0.3) is 0 Å². The van der Waals surface area contributed by atoms with Gasteiger partial charge in [-0.25, -0.2) is 4.79 Å². The molecule has 14 heavy (non-hydrogen) atoms. The number of ether oxygens (including phenoxy) is 1. The fraction of sp³-hybridized carbons (Fsp3) is 0.778. The van der Waals surface area contributed by atoms with Gasteiger partial charge in [-0.15, -0.1) is 0 Å². The third-order valence-corrected chi connectivity index (χ3v) is 1.97. The van der Waals surface area contributed by atoms with Crippen LogP contribution in [0.25, 0.3) is 0 Å². The van der Waals surface area contributed by atoms with E-state index in [9.17, 15) is 4.79 Å². The van der Waals surface area contributed by atoms with Crippen molar-refractivity contribution in [2.24, 2.45) is 0 Å². The number of nitrogens with zero attached hydrogens (tertiary/aromatic N) is 1. The maximum Gasteiger partial charge on any atom is 0.316 e. The van der Waals surface area contributed by atoms with Crippen molar-refractivity contribution in [1.82, 2.24) is 10.6 Å². The molecule has 0 aromatic carbocycles. The molecule has 2 N–H and O–H groups in total. The largest absolute Gasteiger partial charge is 0.379 e. The van der Waals surface area contributed by atoms with Gasteiger partial charge >= 0.3 is 6.03 Å². The van der Waals surface area contributed by atoms with Crippen LogP contribution >= 0.6 is 0 Å². The highest BCUT2D eigenvalue weighted by Crippen LogP contribution is 2.04. The summed E-state index contributed by atoms with van der Waals surface area (Å²) in [5.74, 6) is 0. The third kappa shape index (κ3) is 3.23. The fourth-order valence-corrected chi connectivity index (χ4v) is 1.18. The second-order valence-corrected chi connectivity index (χ2v) is 3.90. The first kappa shape index (κ1) is 10.8. The van der Waals surface area contributed by atoms with E-state index in [4.69, 9.17) is 10.00 Å². The van der Waals surface area contributed by atoms with Crippen molar-refractivity contribution < 1.29 is 9.53 Å². The smallest absolute Gasteiger partial charge is 0.316 e. The molecule has 0 saturated carbocycles. The highest BCUT2D eigenvalue weighted by Gasteiger charge is 2.22. The van der Waals surface area contributed by atoms with E-state index in [1.54, 1.807) is 13.8 Å². The zero-order valence-electron chi connectivity index (χ0n) is 8.46. The van der Waals surface area contributed by atoms with Crippen molar-refractivity contribution in [1.29, 1.82) is 5.26 Å². The number of hydrogen-bond acceptors (Lipinski definition) is 3. The number of amides is 2. The van der Waals surface area contributed by atoms with Crippen LogP contribution in [0, 0.1) is 11.3 Å². The molecular weight excluding hydrogens is 182 g/mol. The lowest BCUT2D eigenvalue weighted by Gasteiger charge is -2.19. The van der Waals surface area contributed by atoms with Crippen LogP contribution in [0.5, 0.6) is 0 Å². The Morgan fingerprint density at radius 3 is 2.86 bits per heavy atom. The molecule has 5 nitrogen and oxygen atoms in total. The van der Waals surface area contributed by atoms with E-state index in [1.807, 2.05) is 6.07 Å². The van der Waals surface area contributed by atoms with Crippen LogP contribution in [0.15, 0.2) is 0 Å². The second kappa shape index (κ2) is 4.29. The van der Waals surface area contributed by atoms with E-state index in [-0.39, 0.29) is 12.1 Å². The Bertz CT molecular complexity index is 251. The number of carbonyl (C=O) groups excluding carboxylic acids is 1. The minimum absolute atomic E-state index is 0.0736. The van der Waals surface area contributed by atoms with Crippen LogP contribution in [-0.2, 0) is 4.74 Å². The van der Waals surface area contributed by atoms with Crippen molar-refractivity contribution >= 4 is 6.03 Å². The predicted octanol–water partition coefficient (Wildman–Crippen LogP) is 0.377. The summed E-state index contributed by atoms with van der Waals surface area (Å²) in [7, 11) is 0. The van der Waals surface area contributed by atoms with Gasteiger partial charge in [0, 0.05) is 6.61 Å². The second-order valence-electron chi connectivity index (χ2n) is 3.90. The van der Waals surface area contributed by atoms with Crippen molar-refractivity contribution in [3.05, 3.63) is 0 Å². The van der Waals surface area contributed by atoms with Gasteiger partial charge in [0.05, 0.1) is 18.7 Å². The average molecular weight is 197 g/mol. The molecule has 1 atom stereocenters. The van der Waals surface area contributed by atoms with Crippen LogP contribution in [-0.4, -0.2) is 30.8 Å². The molecule has 1 aliphatic heterocycles. The first-order chi connectivity index (χ1) is 6.53. The molecule has 0 aromatic rings. The Hall–Kier alpha value is -1.28. The molecule has 2 amide bonds. The summed E-state index contributed by atoms with van der Waals surface area (Å²) in [6, 6.07) is 1.75. The minimum Gasteiger partial charge on any atom is -0.379 e. The van der Waals surface area contributed by atoms with Crippen molar-refractivity contribution in [2.45, 2.75) is 31.8 Å². The van der Waals surface area contributed by atoms with E-state index in [0.717, 1.165) is 6.42 Å². The molecular formula is C9H15N3O2. The van der Waals surface area contributed by atoms with E-state index >= 15 is 0 Å². The Labute approximate surface area is 83.4 Å². The molecule has 1 aliphatic rings. The molecule has 1 rings (SSSR count). The SMILES string of the molecule is CC(C)(C#N)NC(=O)NC1CCOC1. The van der Waals surface area contributed by atoms with Gasteiger partial charge in [-0.3, -0.25) is 0 Å². The van der Waals surface area contributed by atoms with Crippen molar-refractivity contribution in [2.75, 3.05) is 13.2 Å². The van der Waals surface area contributed by atoms with Crippen molar-refractivity contribution in [3.63, 3.8) is 0 Å². The number of nitrogens with one attached hydrogen (secondary N) is 2. The lowest BCUT2D eigenvalue weighted by molar-refractivity contribution is 0.188. The Balaban J connectivity index is 2.32. The van der Waals surface area contributed by atoms with Gasteiger partial charge in [-0.1, -0.05) is 0 Å². The molecule has 0 aliphatic carbocycles. The maximum atomic E-state index is 11.3. The van der Waals surface area contributed by atoms with Gasteiger partial charge < -0.3 is 15.4 Å². The molecule has 0 bridgehead atoms. The summed E-state index contributed by atoms with van der Waals surface area (Å²) < 4.78 is 5.11. The molecule has 1 heterocycles. The van der Waals surface area contributed by atoms with E-state index in [0.29, 0.717) is 13.2 Å². The normalized spacial score (nSPS) is 21.4. The third-order valence-electron chi connectivity index (χ3n) is 1.97. The van der Waals surface area contributed by atoms with Crippen LogP contribution in [0.4, 0.5) is 4.79 Å². The highest BCUT2D eigenvalue weighted by atomic mass is 16.5. The molecule has 0 spiro atoms. The highest BCUT2D eigenvalue weighted by molar-refractivity contribution is 5.75. The molecule has 1 saturated heterocycles. The molecule has 5 heteroatoms. The Morgan fingerprint density at radius 2 is 2.36 bits per heavy atom. The van der Waals surface area contributed by atoms with Gasteiger partial charge in [-0.05, 0) is 20.3 Å². The summed E-state index contributed by atoms with van der Waals surface area (Å²) in [6.07, 6.45) is 0.834. The number of nitriles is 1. The minimum atomic E-state index is -0.830. The summed E-state index contributed by atoms with van der Waals surface area (Å²) in [6.45, 7) is 4.54. The van der Waals surface area contributed by atoms with Gasteiger partial charge in [0.2, 0.25) is 0 Å². The summed E-state index contributed by atoms with van der Waals surface area (Å²) in [5.41, 5.74) is -0.830. The first-order valence-corrected chi connectivity index (χ1v) is 4.61. The molecule has 1 fully saturated rings. The summed E-state index contributed by atoms with van der Waals surface area (Å²) in [4.78, 5) is 11.3. The number of hydrogen-bond donors (Lipinski definition) is 2. The zero-order valence-corrected chi connectivity index (χ0v) is 8.46. The summed E-state index contributed by atoms with van der Waals surface area (Å²) in [5, 5.41) is 14.0. The van der Waals surface area contributed by atoms with Gasteiger partial charge in [0.15, 0.2) is 0 Å². The van der Waals surface area contributed by atoms with Gasteiger partial charge in [-0.2, -0.15) is 5.26 Å². The Kier molecular flexibility index (Phi) is 3.31. The molecule has 0 radical (unpaired) electrons. The van der Waals surface area contributed by atoms with Crippen LogP contribution < -0.4 is 10.6 Å². The van der Waals surface area contributed by atoms with Crippen molar-refractivity contribution in [3.8, 4) is 6.07 Å². The zero-order chi connectivity index (χ0) is 10.6. The first-order valence-electron chi connectivity index (χ1n) is 4.61. The van der Waals surface area contributed by atoms with E-state index in [1.165, 1.54) is 0 Å². The maximum absolute atomic E-state index is 11.3. The lowest BCUT2D eigenvalue weighted by atomic mass is 10.1. The predicted molar refractivity (Wildman–Crippen MR) is 50.6 cm³/mol. The van der Waals surface area contributed by atoms with Crippen LogP contribution in [0.3, 0.4) is 0 Å². The molecule has 78 valence electrons. The monoisotopic (exact) mass is 197 g/mol. The topological polar surface area (TPSA) is 74.2 Å². The quantitative estimate of drug-likeness (QED) is 0.672. The fourth-order valence-electron chi connectivity index (χ4n) is 1.18. The van der Waals surface area contributed by atoms with Gasteiger partial charge in [0.1, 0.15) is 5.54 Å². The summed E-state index contributed by atoms with van der Waals surface area (Å²) >= 11 is 0. The molecule has 0 aromatic heterocycles. The lowest BCUT2D eigenvalue weighted by Crippen LogP contribution is -2.50. The average Bonchev–Trinajstić information content (AvgIpc) is 2.55. The number of rotatable bonds is 2. The molecule has 1 unspecified atom stereocenters. The van der Waals surface area contributed by atoms with Crippen LogP contribution in [0.1, 0.15) is 20.3 Å². The van der Waals surface area contributed by atoms with E-state index < -0.39 is 5.54 Å². The number of urea groups is 1.